The Kier molecular flexibility index (Phi) is 5.38. The number of rotatable bonds is 4. The number of benzene rings is 1. The molecular formula is C19H24N2O6S. The highest BCUT2D eigenvalue weighted by molar-refractivity contribution is 7.90. The highest BCUT2D eigenvalue weighted by Gasteiger charge is 2.39. The minimum atomic E-state index is -3.40. The van der Waals surface area contributed by atoms with E-state index in [1.807, 2.05) is 4.90 Å². The van der Waals surface area contributed by atoms with Gasteiger partial charge in [0, 0.05) is 45.1 Å². The molecule has 152 valence electrons. The zero-order valence-corrected chi connectivity index (χ0v) is 17.0. The third-order valence-electron chi connectivity index (χ3n) is 4.56. The fraction of sp³-hybridized carbons (Fsp3) is 0.474. The number of anilines is 2. The van der Waals surface area contributed by atoms with Gasteiger partial charge in [0.05, 0.1) is 10.6 Å². The summed E-state index contributed by atoms with van der Waals surface area (Å²) in [6.45, 7) is 4.51. The van der Waals surface area contributed by atoms with Crippen LogP contribution in [0.4, 0.5) is 11.4 Å². The van der Waals surface area contributed by atoms with Crippen LogP contribution in [0.15, 0.2) is 34.9 Å². The van der Waals surface area contributed by atoms with Crippen molar-refractivity contribution in [3.05, 3.63) is 30.0 Å². The summed E-state index contributed by atoms with van der Waals surface area (Å²) in [7, 11) is -3.40. The van der Waals surface area contributed by atoms with Gasteiger partial charge in [-0.3, -0.25) is 0 Å². The van der Waals surface area contributed by atoms with Gasteiger partial charge in [0.1, 0.15) is 0 Å². The Morgan fingerprint density at radius 2 is 1.68 bits per heavy atom. The van der Waals surface area contributed by atoms with Gasteiger partial charge in [-0.25, -0.2) is 18.0 Å². The Morgan fingerprint density at radius 1 is 1.07 bits per heavy atom. The standard InChI is InChI=1S/C19H24N2O6S/c1-19(2)26-17(22)14(18(23)27-19)12-20-13-7-8-16(28(3,24)25)15(11-13)21-9-5-4-6-10-21/h7-8,11-12,20H,4-6,9-10H2,1-3H3. The first kappa shape index (κ1) is 20.2. The Morgan fingerprint density at radius 3 is 2.25 bits per heavy atom. The highest BCUT2D eigenvalue weighted by atomic mass is 32.2. The molecule has 2 saturated heterocycles. The molecule has 0 atom stereocenters. The van der Waals surface area contributed by atoms with Crippen LogP contribution in [0, 0.1) is 0 Å². The SMILES string of the molecule is CC1(C)OC(=O)C(=CNc2ccc(S(C)(=O)=O)c(N3CCCCC3)c2)C(=O)O1. The second-order valence-corrected chi connectivity index (χ2v) is 9.37. The van der Waals surface area contributed by atoms with Crippen molar-refractivity contribution in [2.45, 2.75) is 43.8 Å². The molecule has 2 heterocycles. The number of nitrogens with one attached hydrogen (secondary N) is 1. The molecule has 2 aliphatic heterocycles. The van der Waals surface area contributed by atoms with Crippen molar-refractivity contribution in [1.29, 1.82) is 0 Å². The van der Waals surface area contributed by atoms with Gasteiger partial charge in [-0.05, 0) is 37.5 Å². The smallest absolute Gasteiger partial charge is 0.350 e. The van der Waals surface area contributed by atoms with Gasteiger partial charge < -0.3 is 19.7 Å². The molecule has 9 heteroatoms. The summed E-state index contributed by atoms with van der Waals surface area (Å²) in [4.78, 5) is 26.3. The summed E-state index contributed by atoms with van der Waals surface area (Å²) in [5.41, 5.74) is 0.900. The van der Waals surface area contributed by atoms with Gasteiger partial charge in [-0.1, -0.05) is 0 Å². The maximum absolute atomic E-state index is 12.2. The third kappa shape index (κ3) is 4.46. The zero-order chi connectivity index (χ0) is 20.5. The van der Waals surface area contributed by atoms with Crippen LogP contribution in [0.3, 0.4) is 0 Å². The van der Waals surface area contributed by atoms with Crippen LogP contribution in [0.2, 0.25) is 0 Å². The normalized spacial score (nSPS) is 19.7. The molecule has 0 bridgehead atoms. The van der Waals surface area contributed by atoms with Crippen molar-refractivity contribution >= 4 is 33.2 Å². The average Bonchev–Trinajstić information content (AvgIpc) is 2.59. The molecule has 0 aromatic heterocycles. The van der Waals surface area contributed by atoms with Crippen molar-refractivity contribution in [1.82, 2.24) is 0 Å². The largest absolute Gasteiger partial charge is 0.419 e. The van der Waals surface area contributed by atoms with Crippen LogP contribution < -0.4 is 10.2 Å². The number of carbonyl (C=O) groups excluding carboxylic acids is 2. The van der Waals surface area contributed by atoms with E-state index in [0.717, 1.165) is 32.4 Å². The summed E-state index contributed by atoms with van der Waals surface area (Å²) in [6, 6.07) is 4.83. The molecule has 0 saturated carbocycles. The summed E-state index contributed by atoms with van der Waals surface area (Å²) >= 11 is 0. The number of nitrogens with zero attached hydrogens (tertiary/aromatic N) is 1. The van der Waals surface area contributed by atoms with Gasteiger partial charge in [-0.2, -0.15) is 0 Å². The van der Waals surface area contributed by atoms with E-state index < -0.39 is 27.6 Å². The molecule has 2 aliphatic rings. The molecule has 0 spiro atoms. The highest BCUT2D eigenvalue weighted by Crippen LogP contribution is 2.31. The summed E-state index contributed by atoms with van der Waals surface area (Å²) in [5.74, 6) is -2.86. The number of carbonyl (C=O) groups is 2. The molecule has 0 aliphatic carbocycles. The van der Waals surface area contributed by atoms with E-state index in [1.54, 1.807) is 12.1 Å². The first-order valence-electron chi connectivity index (χ1n) is 9.09. The van der Waals surface area contributed by atoms with E-state index in [9.17, 15) is 18.0 Å². The molecule has 3 rings (SSSR count). The molecule has 1 N–H and O–H groups in total. The van der Waals surface area contributed by atoms with E-state index in [-0.39, 0.29) is 10.5 Å². The lowest BCUT2D eigenvalue weighted by atomic mass is 10.1. The van der Waals surface area contributed by atoms with E-state index in [0.29, 0.717) is 11.4 Å². The monoisotopic (exact) mass is 408 g/mol. The maximum Gasteiger partial charge on any atom is 0.350 e. The molecule has 1 aromatic rings. The summed E-state index contributed by atoms with van der Waals surface area (Å²) in [5, 5.41) is 2.88. The average molecular weight is 408 g/mol. The fourth-order valence-electron chi connectivity index (χ4n) is 3.24. The lowest BCUT2D eigenvalue weighted by Crippen LogP contribution is -2.42. The van der Waals surface area contributed by atoms with Crippen LogP contribution >= 0.6 is 0 Å². The van der Waals surface area contributed by atoms with Crippen molar-refractivity contribution in [3.8, 4) is 0 Å². The van der Waals surface area contributed by atoms with Crippen molar-refractivity contribution in [3.63, 3.8) is 0 Å². The van der Waals surface area contributed by atoms with Crippen molar-refractivity contribution in [2.75, 3.05) is 29.6 Å². The van der Waals surface area contributed by atoms with Crippen LogP contribution in [0.1, 0.15) is 33.1 Å². The topological polar surface area (TPSA) is 102 Å². The number of esters is 2. The fourth-order valence-corrected chi connectivity index (χ4v) is 4.12. The maximum atomic E-state index is 12.2. The lowest BCUT2D eigenvalue weighted by Gasteiger charge is -2.31. The summed E-state index contributed by atoms with van der Waals surface area (Å²) in [6.07, 6.45) is 5.52. The van der Waals surface area contributed by atoms with Gasteiger partial charge in [0.2, 0.25) is 0 Å². The molecule has 0 amide bonds. The predicted octanol–water partition coefficient (Wildman–Crippen LogP) is 2.21. The van der Waals surface area contributed by atoms with E-state index in [2.05, 4.69) is 5.32 Å². The first-order chi connectivity index (χ1) is 13.1. The van der Waals surface area contributed by atoms with Gasteiger partial charge >= 0.3 is 11.9 Å². The van der Waals surface area contributed by atoms with Crippen molar-refractivity contribution in [2.24, 2.45) is 0 Å². The van der Waals surface area contributed by atoms with E-state index >= 15 is 0 Å². The Balaban J connectivity index is 1.89. The number of cyclic esters (lactones) is 2. The van der Waals surface area contributed by atoms with Crippen LogP contribution in [-0.4, -0.2) is 45.5 Å². The number of hydrogen-bond donors (Lipinski definition) is 1. The predicted molar refractivity (Wildman–Crippen MR) is 104 cm³/mol. The van der Waals surface area contributed by atoms with E-state index in [1.165, 1.54) is 32.4 Å². The number of hydrogen-bond acceptors (Lipinski definition) is 8. The molecule has 2 fully saturated rings. The van der Waals surface area contributed by atoms with Crippen LogP contribution in [0.25, 0.3) is 0 Å². The lowest BCUT2D eigenvalue weighted by molar-refractivity contribution is -0.222. The van der Waals surface area contributed by atoms with Crippen molar-refractivity contribution < 1.29 is 27.5 Å². The molecule has 28 heavy (non-hydrogen) atoms. The Labute approximate surface area is 164 Å². The zero-order valence-electron chi connectivity index (χ0n) is 16.1. The molecule has 1 aromatic carbocycles. The van der Waals surface area contributed by atoms with Gasteiger partial charge in [0.15, 0.2) is 15.4 Å². The molecule has 0 unspecified atom stereocenters. The van der Waals surface area contributed by atoms with Gasteiger partial charge in [0.25, 0.3) is 5.79 Å². The molecule has 8 nitrogen and oxygen atoms in total. The van der Waals surface area contributed by atoms with Gasteiger partial charge in [-0.15, -0.1) is 0 Å². The van der Waals surface area contributed by atoms with Crippen LogP contribution in [0.5, 0.6) is 0 Å². The Bertz CT molecular complexity index is 908. The quantitative estimate of drug-likeness (QED) is 0.460. The Hall–Kier alpha value is -2.55. The first-order valence-corrected chi connectivity index (χ1v) is 11.0. The number of ether oxygens (including phenoxy) is 2. The minimum absolute atomic E-state index is 0.255. The van der Waals surface area contributed by atoms with Crippen LogP contribution in [-0.2, 0) is 28.9 Å². The minimum Gasteiger partial charge on any atom is -0.419 e. The number of sulfone groups is 1. The van der Waals surface area contributed by atoms with E-state index in [4.69, 9.17) is 9.47 Å². The molecule has 0 radical (unpaired) electrons. The molecular weight excluding hydrogens is 384 g/mol. The third-order valence-corrected chi connectivity index (χ3v) is 5.70. The second kappa shape index (κ2) is 7.46. The second-order valence-electron chi connectivity index (χ2n) is 7.38. The number of piperidine rings is 1. The summed E-state index contributed by atoms with van der Waals surface area (Å²) < 4.78 is 34.5.